The molecule has 0 bridgehead atoms. The molecule has 0 aliphatic rings. The van der Waals surface area contributed by atoms with E-state index in [2.05, 4.69) is 0 Å². The summed E-state index contributed by atoms with van der Waals surface area (Å²) in [6, 6.07) is 7.16. The number of phenols is 1. The molecule has 5 heteroatoms. The topological polar surface area (TPSA) is 49.8 Å². The second-order valence-electron chi connectivity index (χ2n) is 7.41. The van der Waals surface area contributed by atoms with Crippen LogP contribution >= 0.6 is 0 Å². The zero-order valence-electron chi connectivity index (χ0n) is 16.9. The van der Waals surface area contributed by atoms with Gasteiger partial charge in [-0.05, 0) is 66.1 Å². The molecule has 0 spiro atoms. The molecule has 0 aliphatic heterocycles. The van der Waals surface area contributed by atoms with Crippen LogP contribution in [0.15, 0.2) is 24.3 Å². The van der Waals surface area contributed by atoms with E-state index in [4.69, 9.17) is 4.74 Å². The number of halogens is 1. The van der Waals surface area contributed by atoms with Gasteiger partial charge in [0.25, 0.3) is 5.91 Å². The van der Waals surface area contributed by atoms with Gasteiger partial charge in [-0.1, -0.05) is 26.0 Å². The number of hydrogen-bond donors (Lipinski definition) is 1. The van der Waals surface area contributed by atoms with Crippen LogP contribution in [0, 0.1) is 19.7 Å². The number of ether oxygens (including phenoxy) is 1. The van der Waals surface area contributed by atoms with Crippen LogP contribution in [0.25, 0.3) is 0 Å². The fourth-order valence-corrected chi connectivity index (χ4v) is 2.99. The summed E-state index contributed by atoms with van der Waals surface area (Å²) < 4.78 is 20.2. The van der Waals surface area contributed by atoms with Crippen LogP contribution in [0.2, 0.25) is 0 Å². The third kappa shape index (κ3) is 4.79. The van der Waals surface area contributed by atoms with E-state index in [9.17, 15) is 14.3 Å². The first kappa shape index (κ1) is 20.7. The molecule has 27 heavy (non-hydrogen) atoms. The molecule has 2 aromatic carbocycles. The van der Waals surface area contributed by atoms with Crippen molar-refractivity contribution in [2.45, 2.75) is 40.0 Å². The monoisotopic (exact) mass is 373 g/mol. The first-order valence-electron chi connectivity index (χ1n) is 9.05. The lowest BCUT2D eigenvalue weighted by atomic mass is 9.92. The molecule has 146 valence electrons. The van der Waals surface area contributed by atoms with Crippen LogP contribution in [-0.2, 0) is 11.2 Å². The van der Waals surface area contributed by atoms with E-state index in [1.165, 1.54) is 4.90 Å². The molecule has 0 saturated carbocycles. The molecule has 1 N–H and O–H groups in total. The molecule has 4 nitrogen and oxygen atoms in total. The second-order valence-corrected chi connectivity index (χ2v) is 7.41. The smallest absolute Gasteiger partial charge is 0.259 e. The lowest BCUT2D eigenvalue weighted by Crippen LogP contribution is -2.27. The number of carbonyl (C=O) groups is 1. The average molecular weight is 373 g/mol. The van der Waals surface area contributed by atoms with Crippen molar-refractivity contribution in [3.63, 3.8) is 0 Å². The molecule has 2 rings (SSSR count). The summed E-state index contributed by atoms with van der Waals surface area (Å²) in [7, 11) is 3.26. The Labute approximate surface area is 160 Å². The maximum absolute atomic E-state index is 14.8. The predicted octanol–water partition coefficient (Wildman–Crippen LogP) is 4.33. The van der Waals surface area contributed by atoms with Crippen molar-refractivity contribution in [2.75, 3.05) is 20.7 Å². The van der Waals surface area contributed by atoms with Gasteiger partial charge in [-0.2, -0.15) is 0 Å². The van der Waals surface area contributed by atoms with Crippen molar-refractivity contribution in [1.29, 1.82) is 0 Å². The zero-order valence-corrected chi connectivity index (χ0v) is 16.9. The van der Waals surface area contributed by atoms with E-state index in [-0.39, 0.29) is 29.9 Å². The van der Waals surface area contributed by atoms with Crippen molar-refractivity contribution in [3.8, 4) is 11.5 Å². The summed E-state index contributed by atoms with van der Waals surface area (Å²) >= 11 is 0. The fourth-order valence-electron chi connectivity index (χ4n) is 2.99. The normalized spacial score (nSPS) is 11.0. The summed E-state index contributed by atoms with van der Waals surface area (Å²) in [5, 5.41) is 10.00. The van der Waals surface area contributed by atoms with Gasteiger partial charge in [-0.25, -0.2) is 4.39 Å². The Balaban J connectivity index is 2.30. The van der Waals surface area contributed by atoms with Crippen LogP contribution in [0.4, 0.5) is 4.39 Å². The average Bonchev–Trinajstić information content (AvgIpc) is 2.61. The highest BCUT2D eigenvalue weighted by molar-refractivity contribution is 5.77. The number of rotatable bonds is 6. The van der Waals surface area contributed by atoms with Gasteiger partial charge in [-0.3, -0.25) is 4.79 Å². The Morgan fingerprint density at radius 1 is 1.22 bits per heavy atom. The number of phenolic OH excluding ortho intramolecular Hbond substituents is 1. The van der Waals surface area contributed by atoms with Gasteiger partial charge in [0, 0.05) is 14.1 Å². The molecular weight excluding hydrogens is 345 g/mol. The minimum atomic E-state index is -0.440. The summed E-state index contributed by atoms with van der Waals surface area (Å²) in [6.45, 7) is 7.48. The number of hydrogen-bond acceptors (Lipinski definition) is 3. The van der Waals surface area contributed by atoms with E-state index in [1.807, 2.05) is 32.9 Å². The number of benzene rings is 2. The van der Waals surface area contributed by atoms with E-state index >= 15 is 0 Å². The van der Waals surface area contributed by atoms with Gasteiger partial charge in [0.2, 0.25) is 0 Å². The second kappa shape index (κ2) is 8.42. The Morgan fingerprint density at radius 3 is 2.48 bits per heavy atom. The van der Waals surface area contributed by atoms with Gasteiger partial charge in [0.15, 0.2) is 18.2 Å². The molecule has 0 aliphatic carbocycles. The maximum atomic E-state index is 14.8. The van der Waals surface area contributed by atoms with Crippen molar-refractivity contribution in [3.05, 3.63) is 57.9 Å². The molecule has 0 unspecified atom stereocenters. The lowest BCUT2D eigenvalue weighted by Gasteiger charge is -2.17. The Hall–Kier alpha value is -2.56. The van der Waals surface area contributed by atoms with E-state index in [1.54, 1.807) is 33.2 Å². The van der Waals surface area contributed by atoms with Gasteiger partial charge >= 0.3 is 0 Å². The van der Waals surface area contributed by atoms with Crippen molar-refractivity contribution < 1.29 is 19.0 Å². The Morgan fingerprint density at radius 2 is 1.89 bits per heavy atom. The van der Waals surface area contributed by atoms with Crippen molar-refractivity contribution in [1.82, 2.24) is 4.90 Å². The SMILES string of the molecule is Cc1cc(OCC(=O)N(C)C)c(F)c(C)c1Cc1ccc(O)c(C(C)C)c1. The third-order valence-corrected chi connectivity index (χ3v) is 4.77. The van der Waals surface area contributed by atoms with Crippen LogP contribution in [0.3, 0.4) is 0 Å². The predicted molar refractivity (Wildman–Crippen MR) is 105 cm³/mol. The van der Waals surface area contributed by atoms with Gasteiger partial charge in [-0.15, -0.1) is 0 Å². The third-order valence-electron chi connectivity index (χ3n) is 4.77. The minimum absolute atomic E-state index is 0.0949. The van der Waals surface area contributed by atoms with Crippen LogP contribution in [0.1, 0.15) is 47.6 Å². The van der Waals surface area contributed by atoms with E-state index in [0.717, 1.165) is 22.3 Å². The first-order valence-corrected chi connectivity index (χ1v) is 9.05. The van der Waals surface area contributed by atoms with Crippen molar-refractivity contribution >= 4 is 5.91 Å². The number of aromatic hydroxyl groups is 1. The number of carbonyl (C=O) groups excluding carboxylic acids is 1. The van der Waals surface area contributed by atoms with Gasteiger partial charge < -0.3 is 14.7 Å². The Kier molecular flexibility index (Phi) is 6.47. The molecule has 0 atom stereocenters. The highest BCUT2D eigenvalue weighted by atomic mass is 19.1. The number of nitrogens with zero attached hydrogens (tertiary/aromatic N) is 1. The maximum Gasteiger partial charge on any atom is 0.259 e. The standard InChI is InChI=1S/C22H28FNO3/c1-13(2)17-10-16(7-8-19(17)25)11-18-14(3)9-20(22(23)15(18)4)27-12-21(26)24(5)6/h7-10,13,25H,11-12H2,1-6H3. The summed E-state index contributed by atoms with van der Waals surface area (Å²) in [5.74, 6) is -0.0850. The molecular formula is C22H28FNO3. The van der Waals surface area contributed by atoms with Gasteiger partial charge in [0.1, 0.15) is 5.75 Å². The molecule has 0 radical (unpaired) electrons. The minimum Gasteiger partial charge on any atom is -0.508 e. The lowest BCUT2D eigenvalue weighted by molar-refractivity contribution is -0.130. The van der Waals surface area contributed by atoms with Crippen molar-refractivity contribution in [2.24, 2.45) is 0 Å². The van der Waals surface area contributed by atoms with Crippen LogP contribution in [-0.4, -0.2) is 36.6 Å². The number of amides is 1. The fraction of sp³-hybridized carbons (Fsp3) is 0.409. The van der Waals surface area contributed by atoms with Crippen LogP contribution < -0.4 is 4.74 Å². The summed E-state index contributed by atoms with van der Waals surface area (Å²) in [4.78, 5) is 13.1. The first-order chi connectivity index (χ1) is 12.6. The van der Waals surface area contributed by atoms with Crippen LogP contribution in [0.5, 0.6) is 11.5 Å². The molecule has 0 heterocycles. The molecule has 0 aromatic heterocycles. The molecule has 1 amide bonds. The quantitative estimate of drug-likeness (QED) is 0.820. The number of likely N-dealkylation sites (N-methyl/N-ethyl adjacent to an activating group) is 1. The van der Waals surface area contributed by atoms with Gasteiger partial charge in [0.05, 0.1) is 0 Å². The largest absolute Gasteiger partial charge is 0.508 e. The summed E-state index contributed by atoms with van der Waals surface area (Å²) in [5.41, 5.74) is 4.20. The van der Waals surface area contributed by atoms with E-state index < -0.39 is 5.82 Å². The summed E-state index contributed by atoms with van der Waals surface area (Å²) in [6.07, 6.45) is 0.561. The molecule has 0 fully saturated rings. The van der Waals surface area contributed by atoms with E-state index in [0.29, 0.717) is 12.0 Å². The molecule has 2 aromatic rings. The number of aryl methyl sites for hydroxylation is 1. The highest BCUT2D eigenvalue weighted by Gasteiger charge is 2.17. The zero-order chi connectivity index (χ0) is 20.3. The Bertz CT molecular complexity index is 844. The highest BCUT2D eigenvalue weighted by Crippen LogP contribution is 2.31. The molecule has 0 saturated heterocycles.